The van der Waals surface area contributed by atoms with E-state index in [4.69, 9.17) is 17.3 Å². The van der Waals surface area contributed by atoms with Crippen molar-refractivity contribution in [2.75, 3.05) is 19.6 Å². The fourth-order valence-corrected chi connectivity index (χ4v) is 4.30. The smallest absolute Gasteiger partial charge is 0.220 e. The number of carbonyl (C=O) groups is 1. The van der Waals surface area contributed by atoms with Crippen LogP contribution in [0.4, 0.5) is 0 Å². The van der Waals surface area contributed by atoms with Gasteiger partial charge >= 0.3 is 0 Å². The zero-order valence-electron chi connectivity index (χ0n) is 15.7. The molecule has 1 aromatic carbocycles. The van der Waals surface area contributed by atoms with Crippen LogP contribution in [0.1, 0.15) is 44.1 Å². The number of hydrogen-bond donors (Lipinski definition) is 2. The van der Waals surface area contributed by atoms with Crippen molar-refractivity contribution in [2.45, 2.75) is 51.1 Å². The average Bonchev–Trinajstić information content (AvgIpc) is 3.01. The van der Waals surface area contributed by atoms with Crippen molar-refractivity contribution in [2.24, 2.45) is 17.6 Å². The predicted octanol–water partition coefficient (Wildman–Crippen LogP) is 4.03. The Morgan fingerprint density at radius 1 is 1.15 bits per heavy atom. The first-order valence-electron chi connectivity index (χ1n) is 9.60. The standard InChI is InChI=1S/C20H30ClN3O.2ClH/c21-18-6-2-1-4-17(18)14-24-10-8-15(9-11-24)13-23-20(25)12-16-5-3-7-19(16)22;;/h1-2,4,6,15-16,19H,3,5,7-14,22H2,(H,23,25);2*1H/t16-,19+;;/m0../s1. The summed E-state index contributed by atoms with van der Waals surface area (Å²) in [6.45, 7) is 3.86. The number of nitrogens with two attached hydrogens (primary N) is 1. The Bertz CT molecular complexity index is 579. The first-order valence-corrected chi connectivity index (χ1v) is 9.97. The molecule has 3 rings (SSSR count). The SMILES string of the molecule is Cl.Cl.N[C@@H]1CCC[C@H]1CC(=O)NCC1CCN(Cc2ccccc2Cl)CC1. The first-order chi connectivity index (χ1) is 12.1. The van der Waals surface area contributed by atoms with Gasteiger partial charge < -0.3 is 11.1 Å². The van der Waals surface area contributed by atoms with Gasteiger partial charge in [0.25, 0.3) is 0 Å². The van der Waals surface area contributed by atoms with E-state index in [1.165, 1.54) is 12.0 Å². The molecule has 1 aliphatic heterocycles. The van der Waals surface area contributed by atoms with Crippen LogP contribution in [0.5, 0.6) is 0 Å². The Kier molecular flexibility index (Phi) is 11.0. The molecule has 2 fully saturated rings. The zero-order chi connectivity index (χ0) is 17.6. The van der Waals surface area contributed by atoms with Crippen LogP contribution in [0.3, 0.4) is 0 Å². The minimum absolute atomic E-state index is 0. The number of likely N-dealkylation sites (tertiary alicyclic amines) is 1. The third-order valence-electron chi connectivity index (χ3n) is 5.81. The van der Waals surface area contributed by atoms with Gasteiger partial charge in [-0.2, -0.15) is 0 Å². The third-order valence-corrected chi connectivity index (χ3v) is 6.18. The molecule has 1 amide bonds. The van der Waals surface area contributed by atoms with E-state index in [2.05, 4.69) is 16.3 Å². The fourth-order valence-electron chi connectivity index (χ4n) is 4.10. The van der Waals surface area contributed by atoms with Crippen LogP contribution < -0.4 is 11.1 Å². The van der Waals surface area contributed by atoms with Crippen molar-refractivity contribution >= 4 is 42.3 Å². The van der Waals surface area contributed by atoms with Crippen LogP contribution in [0, 0.1) is 11.8 Å². The normalized spacial score (nSPS) is 23.3. The monoisotopic (exact) mass is 435 g/mol. The summed E-state index contributed by atoms with van der Waals surface area (Å²) in [6, 6.07) is 8.29. The summed E-state index contributed by atoms with van der Waals surface area (Å²) in [5, 5.41) is 3.99. The van der Waals surface area contributed by atoms with E-state index in [-0.39, 0.29) is 36.8 Å². The summed E-state index contributed by atoms with van der Waals surface area (Å²) in [5.41, 5.74) is 7.26. The highest BCUT2D eigenvalue weighted by Crippen LogP contribution is 2.27. The molecule has 1 saturated heterocycles. The molecule has 7 heteroatoms. The number of hydrogen-bond acceptors (Lipinski definition) is 3. The zero-order valence-corrected chi connectivity index (χ0v) is 18.1. The summed E-state index contributed by atoms with van der Waals surface area (Å²) in [6.07, 6.45) is 6.22. The molecule has 1 saturated carbocycles. The Labute approximate surface area is 180 Å². The van der Waals surface area contributed by atoms with Gasteiger partial charge in [0, 0.05) is 30.6 Å². The Morgan fingerprint density at radius 2 is 1.85 bits per heavy atom. The summed E-state index contributed by atoms with van der Waals surface area (Å²) in [4.78, 5) is 14.6. The lowest BCUT2D eigenvalue weighted by molar-refractivity contribution is -0.122. The van der Waals surface area contributed by atoms with Crippen LogP contribution >= 0.6 is 36.4 Å². The van der Waals surface area contributed by atoms with Gasteiger partial charge in [-0.25, -0.2) is 0 Å². The van der Waals surface area contributed by atoms with Crippen molar-refractivity contribution in [3.8, 4) is 0 Å². The maximum absolute atomic E-state index is 12.1. The van der Waals surface area contributed by atoms with Crippen molar-refractivity contribution in [1.82, 2.24) is 10.2 Å². The molecule has 2 aliphatic rings. The second kappa shape index (κ2) is 12.1. The highest BCUT2D eigenvalue weighted by molar-refractivity contribution is 6.31. The largest absolute Gasteiger partial charge is 0.356 e. The molecule has 0 radical (unpaired) electrons. The van der Waals surface area contributed by atoms with Crippen LogP contribution in [-0.4, -0.2) is 36.5 Å². The minimum atomic E-state index is 0. The summed E-state index contributed by atoms with van der Waals surface area (Å²) < 4.78 is 0. The summed E-state index contributed by atoms with van der Waals surface area (Å²) in [5.74, 6) is 1.15. The van der Waals surface area contributed by atoms with E-state index >= 15 is 0 Å². The lowest BCUT2D eigenvalue weighted by Crippen LogP contribution is -2.39. The summed E-state index contributed by atoms with van der Waals surface area (Å²) in [7, 11) is 0. The second-order valence-electron chi connectivity index (χ2n) is 7.67. The van der Waals surface area contributed by atoms with E-state index in [0.717, 1.165) is 56.9 Å². The quantitative estimate of drug-likeness (QED) is 0.708. The number of carbonyl (C=O) groups excluding carboxylic acids is 1. The molecule has 27 heavy (non-hydrogen) atoms. The fraction of sp³-hybridized carbons (Fsp3) is 0.650. The maximum atomic E-state index is 12.1. The molecule has 0 bridgehead atoms. The van der Waals surface area contributed by atoms with Crippen molar-refractivity contribution in [3.05, 3.63) is 34.9 Å². The number of piperidine rings is 1. The van der Waals surface area contributed by atoms with Gasteiger partial charge in [0.2, 0.25) is 5.91 Å². The van der Waals surface area contributed by atoms with Gasteiger partial charge in [-0.15, -0.1) is 24.8 Å². The van der Waals surface area contributed by atoms with Crippen molar-refractivity contribution in [1.29, 1.82) is 0 Å². The molecular formula is C20H32Cl3N3O. The number of benzene rings is 1. The maximum Gasteiger partial charge on any atom is 0.220 e. The molecule has 4 nitrogen and oxygen atoms in total. The Balaban J connectivity index is 0.00000182. The Morgan fingerprint density at radius 3 is 2.48 bits per heavy atom. The number of amides is 1. The lowest BCUT2D eigenvalue weighted by atomic mass is 9.95. The van der Waals surface area contributed by atoms with Crippen molar-refractivity contribution < 1.29 is 4.79 Å². The van der Waals surface area contributed by atoms with Crippen LogP contribution in [0.15, 0.2) is 24.3 Å². The average molecular weight is 437 g/mol. The first kappa shape index (κ1) is 24.5. The number of nitrogens with one attached hydrogen (secondary N) is 1. The van der Waals surface area contributed by atoms with Crippen LogP contribution in [0.2, 0.25) is 5.02 Å². The minimum Gasteiger partial charge on any atom is -0.356 e. The number of halogens is 3. The van der Waals surface area contributed by atoms with E-state index < -0.39 is 0 Å². The van der Waals surface area contributed by atoms with Crippen LogP contribution in [0.25, 0.3) is 0 Å². The molecule has 0 spiro atoms. The van der Waals surface area contributed by atoms with Crippen LogP contribution in [-0.2, 0) is 11.3 Å². The van der Waals surface area contributed by atoms with E-state index in [1.54, 1.807) is 0 Å². The number of rotatable bonds is 6. The van der Waals surface area contributed by atoms with Gasteiger partial charge in [0.15, 0.2) is 0 Å². The molecule has 1 aromatic rings. The molecule has 2 atom stereocenters. The number of nitrogens with zero attached hydrogens (tertiary/aromatic N) is 1. The molecule has 154 valence electrons. The van der Waals surface area contributed by atoms with E-state index in [9.17, 15) is 4.79 Å². The molecule has 1 aliphatic carbocycles. The van der Waals surface area contributed by atoms with E-state index in [0.29, 0.717) is 18.3 Å². The molecule has 0 aromatic heterocycles. The highest BCUT2D eigenvalue weighted by Gasteiger charge is 2.26. The molecule has 3 N–H and O–H groups in total. The third kappa shape index (κ3) is 7.43. The molecule has 1 heterocycles. The van der Waals surface area contributed by atoms with Gasteiger partial charge in [-0.1, -0.05) is 36.2 Å². The van der Waals surface area contributed by atoms with Gasteiger partial charge in [0.05, 0.1) is 0 Å². The summed E-state index contributed by atoms with van der Waals surface area (Å²) >= 11 is 6.25. The highest BCUT2D eigenvalue weighted by atomic mass is 35.5. The topological polar surface area (TPSA) is 58.4 Å². The molecule has 0 unspecified atom stereocenters. The molecular weight excluding hydrogens is 405 g/mol. The Hall–Kier alpha value is -0.520. The van der Waals surface area contributed by atoms with E-state index in [1.807, 2.05) is 18.2 Å². The predicted molar refractivity (Wildman–Crippen MR) is 117 cm³/mol. The van der Waals surface area contributed by atoms with Gasteiger partial charge in [-0.05, 0) is 62.2 Å². The van der Waals surface area contributed by atoms with Gasteiger partial charge in [0.1, 0.15) is 0 Å². The lowest BCUT2D eigenvalue weighted by Gasteiger charge is -2.32. The second-order valence-corrected chi connectivity index (χ2v) is 8.08. The van der Waals surface area contributed by atoms with Crippen molar-refractivity contribution in [3.63, 3.8) is 0 Å². The van der Waals surface area contributed by atoms with Gasteiger partial charge in [-0.3, -0.25) is 9.69 Å².